The lowest BCUT2D eigenvalue weighted by Crippen LogP contribution is -2.54. The molecule has 1 unspecified atom stereocenters. The number of anilines is 1. The van der Waals surface area contributed by atoms with Gasteiger partial charge >= 0.3 is 0 Å². The second-order valence-corrected chi connectivity index (χ2v) is 10.1. The highest BCUT2D eigenvalue weighted by atomic mass is 16.2. The Morgan fingerprint density at radius 1 is 1.11 bits per heavy atom. The maximum Gasteiger partial charge on any atom is 0.264 e. The van der Waals surface area contributed by atoms with Crippen LogP contribution in [0.3, 0.4) is 0 Å². The standard InChI is InChI=1S/C26H30N6O5/c1-15(2)24(35)30-10-8-17(9-11-30)31-14-16(13-28-31)12-27-19-5-3-4-18-22(19)26(37)32(25(18)36)20-6-7-21(33)29-23(20)34/h3-5,13-15,17,20,27H,6-12H2,1-2H3,(H,29,33,34). The fraction of sp³-hybridized carbons (Fsp3) is 0.462. The van der Waals surface area contributed by atoms with E-state index in [2.05, 4.69) is 15.7 Å². The quantitative estimate of drug-likeness (QED) is 0.570. The monoisotopic (exact) mass is 506 g/mol. The maximum atomic E-state index is 13.2. The zero-order chi connectivity index (χ0) is 26.3. The first-order chi connectivity index (χ1) is 17.7. The smallest absolute Gasteiger partial charge is 0.264 e. The van der Waals surface area contributed by atoms with Crippen molar-refractivity contribution in [2.75, 3.05) is 18.4 Å². The Hall–Kier alpha value is -4.02. The van der Waals surface area contributed by atoms with Gasteiger partial charge in [0.2, 0.25) is 17.7 Å². The highest BCUT2D eigenvalue weighted by Gasteiger charge is 2.45. The number of amides is 5. The Bertz CT molecular complexity index is 1280. The number of hydrogen-bond donors (Lipinski definition) is 2. The van der Waals surface area contributed by atoms with Gasteiger partial charge < -0.3 is 10.2 Å². The van der Waals surface area contributed by atoms with Crippen LogP contribution in [0.25, 0.3) is 0 Å². The average Bonchev–Trinajstić information content (AvgIpc) is 3.46. The summed E-state index contributed by atoms with van der Waals surface area (Å²) < 4.78 is 1.93. The van der Waals surface area contributed by atoms with Crippen molar-refractivity contribution in [1.29, 1.82) is 0 Å². The van der Waals surface area contributed by atoms with E-state index >= 15 is 0 Å². The molecule has 1 aromatic carbocycles. The first kappa shape index (κ1) is 24.7. The van der Waals surface area contributed by atoms with Gasteiger partial charge in [-0.1, -0.05) is 19.9 Å². The van der Waals surface area contributed by atoms with Crippen molar-refractivity contribution in [3.8, 4) is 0 Å². The molecule has 3 aliphatic heterocycles. The summed E-state index contributed by atoms with van der Waals surface area (Å²) in [6.45, 7) is 5.65. The predicted octanol–water partition coefficient (Wildman–Crippen LogP) is 1.72. The first-order valence-corrected chi connectivity index (χ1v) is 12.6. The molecule has 4 heterocycles. The van der Waals surface area contributed by atoms with E-state index in [1.165, 1.54) is 0 Å². The molecule has 2 aromatic rings. The van der Waals surface area contributed by atoms with Crippen LogP contribution in [0.1, 0.15) is 71.9 Å². The van der Waals surface area contributed by atoms with Crippen LogP contribution in [0, 0.1) is 5.92 Å². The fourth-order valence-corrected chi connectivity index (χ4v) is 5.24. The molecule has 0 spiro atoms. The third kappa shape index (κ3) is 4.61. The molecule has 2 saturated heterocycles. The Balaban J connectivity index is 1.24. The van der Waals surface area contributed by atoms with Gasteiger partial charge in [-0.2, -0.15) is 5.10 Å². The minimum absolute atomic E-state index is 0.00311. The van der Waals surface area contributed by atoms with Gasteiger partial charge in [0.15, 0.2) is 0 Å². The number of rotatable bonds is 6. The van der Waals surface area contributed by atoms with Gasteiger partial charge in [0.05, 0.1) is 23.4 Å². The van der Waals surface area contributed by atoms with Crippen LogP contribution >= 0.6 is 0 Å². The van der Waals surface area contributed by atoms with E-state index in [4.69, 9.17) is 0 Å². The third-order valence-electron chi connectivity index (χ3n) is 7.25. The van der Waals surface area contributed by atoms with Gasteiger partial charge in [0.1, 0.15) is 6.04 Å². The van der Waals surface area contributed by atoms with E-state index in [9.17, 15) is 24.0 Å². The van der Waals surface area contributed by atoms with Crippen LogP contribution in [0.5, 0.6) is 0 Å². The summed E-state index contributed by atoms with van der Waals surface area (Å²) in [5, 5.41) is 9.97. The Morgan fingerprint density at radius 3 is 2.57 bits per heavy atom. The summed E-state index contributed by atoms with van der Waals surface area (Å²) >= 11 is 0. The Morgan fingerprint density at radius 2 is 1.86 bits per heavy atom. The van der Waals surface area contributed by atoms with Gasteiger partial charge in [0.25, 0.3) is 11.8 Å². The molecule has 194 valence electrons. The van der Waals surface area contributed by atoms with Gasteiger partial charge in [-0.05, 0) is 31.4 Å². The van der Waals surface area contributed by atoms with E-state index in [0.29, 0.717) is 25.3 Å². The lowest BCUT2D eigenvalue weighted by molar-refractivity contribution is -0.137. The normalized spacial score (nSPS) is 20.5. The number of benzene rings is 1. The molecule has 3 aliphatic rings. The van der Waals surface area contributed by atoms with Crippen molar-refractivity contribution in [2.45, 2.75) is 58.2 Å². The molecule has 5 rings (SSSR count). The topological polar surface area (TPSA) is 134 Å². The third-order valence-corrected chi connectivity index (χ3v) is 7.25. The van der Waals surface area contributed by atoms with Crippen molar-refractivity contribution in [3.05, 3.63) is 47.3 Å². The lowest BCUT2D eigenvalue weighted by atomic mass is 10.0. The van der Waals surface area contributed by atoms with Crippen LogP contribution < -0.4 is 10.6 Å². The molecule has 1 aromatic heterocycles. The minimum Gasteiger partial charge on any atom is -0.380 e. The van der Waals surface area contributed by atoms with Crippen molar-refractivity contribution in [2.24, 2.45) is 5.92 Å². The van der Waals surface area contributed by atoms with Gasteiger partial charge in [-0.15, -0.1) is 0 Å². The van der Waals surface area contributed by atoms with Crippen LogP contribution in [0.4, 0.5) is 5.69 Å². The number of likely N-dealkylation sites (tertiary alicyclic amines) is 1. The summed E-state index contributed by atoms with van der Waals surface area (Å²) in [5.41, 5.74) is 1.88. The molecule has 2 fully saturated rings. The molecule has 0 aliphatic carbocycles. The molecule has 11 nitrogen and oxygen atoms in total. The molecule has 5 amide bonds. The van der Waals surface area contributed by atoms with Gasteiger partial charge in [0, 0.05) is 49.4 Å². The van der Waals surface area contributed by atoms with Crippen LogP contribution in [-0.2, 0) is 20.9 Å². The number of carbonyl (C=O) groups excluding carboxylic acids is 5. The molecule has 0 saturated carbocycles. The van der Waals surface area contributed by atoms with Gasteiger partial charge in [-0.3, -0.25) is 38.9 Å². The SMILES string of the molecule is CC(C)C(=O)N1CCC(n2cc(CNc3cccc4c3C(=O)N(C3CCC(=O)NC3=O)C4=O)cn2)CC1. The minimum atomic E-state index is -1.00. The molecular weight excluding hydrogens is 476 g/mol. The summed E-state index contributed by atoms with van der Waals surface area (Å²) in [6, 6.07) is 4.20. The van der Waals surface area contributed by atoms with Crippen LogP contribution in [-0.4, -0.2) is 68.2 Å². The summed E-state index contributed by atoms with van der Waals surface area (Å²) in [5.74, 6) is -1.94. The molecule has 11 heteroatoms. The molecule has 2 N–H and O–H groups in total. The molecule has 1 atom stereocenters. The number of carbonyl (C=O) groups is 5. The Kier molecular flexibility index (Phi) is 6.53. The summed E-state index contributed by atoms with van der Waals surface area (Å²) in [7, 11) is 0. The predicted molar refractivity (Wildman–Crippen MR) is 132 cm³/mol. The molecular formula is C26H30N6O5. The number of aromatic nitrogens is 2. The average molecular weight is 507 g/mol. The molecule has 0 radical (unpaired) electrons. The number of imide groups is 2. The van der Waals surface area contributed by atoms with Crippen molar-refractivity contribution >= 4 is 35.2 Å². The van der Waals surface area contributed by atoms with E-state index in [1.807, 2.05) is 29.6 Å². The van der Waals surface area contributed by atoms with Crippen LogP contribution in [0.2, 0.25) is 0 Å². The van der Waals surface area contributed by atoms with Crippen molar-refractivity contribution in [3.63, 3.8) is 0 Å². The second-order valence-electron chi connectivity index (χ2n) is 10.1. The van der Waals surface area contributed by atoms with Crippen LogP contribution in [0.15, 0.2) is 30.6 Å². The van der Waals surface area contributed by atoms with Crippen molar-refractivity contribution < 1.29 is 24.0 Å². The summed E-state index contributed by atoms with van der Waals surface area (Å²) in [4.78, 5) is 65.2. The van der Waals surface area contributed by atoms with E-state index in [1.54, 1.807) is 24.4 Å². The number of piperidine rings is 2. The van der Waals surface area contributed by atoms with Crippen molar-refractivity contribution in [1.82, 2.24) is 24.9 Å². The number of nitrogens with zero attached hydrogens (tertiary/aromatic N) is 4. The van der Waals surface area contributed by atoms with E-state index in [0.717, 1.165) is 23.3 Å². The summed E-state index contributed by atoms with van der Waals surface area (Å²) in [6.07, 6.45) is 5.60. The second kappa shape index (κ2) is 9.79. The van der Waals surface area contributed by atoms with Gasteiger partial charge in [-0.25, -0.2) is 0 Å². The molecule has 0 bridgehead atoms. The lowest BCUT2D eigenvalue weighted by Gasteiger charge is -2.33. The zero-order valence-electron chi connectivity index (χ0n) is 20.9. The molecule has 37 heavy (non-hydrogen) atoms. The van der Waals surface area contributed by atoms with E-state index in [-0.39, 0.29) is 41.8 Å². The van der Waals surface area contributed by atoms with E-state index < -0.39 is 29.7 Å². The fourth-order valence-electron chi connectivity index (χ4n) is 5.24. The first-order valence-electron chi connectivity index (χ1n) is 12.6. The largest absolute Gasteiger partial charge is 0.380 e. The number of nitrogens with one attached hydrogen (secondary N) is 2. The highest BCUT2D eigenvalue weighted by Crippen LogP contribution is 2.32. The highest BCUT2D eigenvalue weighted by molar-refractivity contribution is 6.25. The number of fused-ring (bicyclic) bond motifs is 1. The Labute approximate surface area is 214 Å². The zero-order valence-corrected chi connectivity index (χ0v) is 20.9. The maximum absolute atomic E-state index is 13.2. The number of hydrogen-bond acceptors (Lipinski definition) is 7.